The molecule has 0 aromatic heterocycles. The number of nitrogens with two attached hydrogens (primary N) is 2. The van der Waals surface area contributed by atoms with Crippen molar-refractivity contribution in [3.63, 3.8) is 0 Å². The highest BCUT2D eigenvalue weighted by atomic mass is 35.5. The quantitative estimate of drug-likeness (QED) is 0.344. The second-order valence-corrected chi connectivity index (χ2v) is 6.97. The number of allylic oxidation sites excluding steroid dienone is 1. The molecule has 0 spiro atoms. The van der Waals surface area contributed by atoms with E-state index in [0.717, 1.165) is 12.8 Å². The van der Waals surface area contributed by atoms with E-state index in [1.807, 2.05) is 0 Å². The Morgan fingerprint density at radius 1 is 1.29 bits per heavy atom. The average molecular weight is 406 g/mol. The highest BCUT2D eigenvalue weighted by Gasteiger charge is 2.37. The number of aliphatic imine (C=N–C) groups is 1. The van der Waals surface area contributed by atoms with Crippen LogP contribution in [0.15, 0.2) is 40.1 Å². The number of hydrogen-bond donors (Lipinski definition) is 2. The van der Waals surface area contributed by atoms with E-state index in [2.05, 4.69) is 4.99 Å². The SMILES string of the molecule is N#C/C(N)=C(\Cl)N=C(N)N1CCCC(N2CCN(c3ccccc3F)C2=O)C1. The molecule has 2 aliphatic rings. The third-order valence-electron chi connectivity index (χ3n) is 4.90. The Morgan fingerprint density at radius 2 is 2.04 bits per heavy atom. The van der Waals surface area contributed by atoms with Crippen LogP contribution in [0, 0.1) is 17.1 Å². The third-order valence-corrected chi connectivity index (χ3v) is 5.19. The first-order valence-electron chi connectivity index (χ1n) is 8.89. The predicted molar refractivity (Wildman–Crippen MR) is 105 cm³/mol. The van der Waals surface area contributed by atoms with Crippen molar-refractivity contribution in [3.05, 3.63) is 40.9 Å². The smallest absolute Gasteiger partial charge is 0.325 e. The van der Waals surface area contributed by atoms with Gasteiger partial charge >= 0.3 is 6.03 Å². The minimum atomic E-state index is -0.421. The van der Waals surface area contributed by atoms with E-state index in [0.29, 0.717) is 26.2 Å². The molecule has 2 saturated heterocycles. The molecule has 2 fully saturated rings. The van der Waals surface area contributed by atoms with Crippen molar-refractivity contribution in [3.8, 4) is 6.07 Å². The van der Waals surface area contributed by atoms with Crippen molar-refractivity contribution in [1.29, 1.82) is 5.26 Å². The van der Waals surface area contributed by atoms with Crippen LogP contribution >= 0.6 is 11.6 Å². The van der Waals surface area contributed by atoms with E-state index in [9.17, 15) is 9.18 Å². The lowest BCUT2D eigenvalue weighted by atomic mass is 10.0. The molecule has 1 unspecified atom stereocenters. The zero-order valence-electron chi connectivity index (χ0n) is 15.2. The van der Waals surface area contributed by atoms with Gasteiger partial charge in [-0.1, -0.05) is 23.7 Å². The molecule has 148 valence electrons. The number of para-hydroxylation sites is 1. The van der Waals surface area contributed by atoms with Crippen LogP contribution in [0.1, 0.15) is 12.8 Å². The molecule has 8 nitrogen and oxygen atoms in total. The summed E-state index contributed by atoms with van der Waals surface area (Å²) < 4.78 is 14.1. The molecule has 2 heterocycles. The van der Waals surface area contributed by atoms with Crippen LogP contribution in [-0.2, 0) is 0 Å². The number of nitrogens with zero attached hydrogens (tertiary/aromatic N) is 5. The number of rotatable bonds is 3. The maximum atomic E-state index is 14.1. The van der Waals surface area contributed by atoms with Gasteiger partial charge in [-0.15, -0.1) is 0 Å². The fourth-order valence-electron chi connectivity index (χ4n) is 3.48. The maximum Gasteiger partial charge on any atom is 0.325 e. The molecular weight excluding hydrogens is 385 g/mol. The molecule has 0 bridgehead atoms. The van der Waals surface area contributed by atoms with Gasteiger partial charge in [-0.2, -0.15) is 5.26 Å². The monoisotopic (exact) mass is 405 g/mol. The lowest BCUT2D eigenvalue weighted by Crippen LogP contribution is -2.52. The molecule has 2 amide bonds. The Hall–Kier alpha value is -2.99. The summed E-state index contributed by atoms with van der Waals surface area (Å²) in [7, 11) is 0. The van der Waals surface area contributed by atoms with Crippen LogP contribution in [0.25, 0.3) is 0 Å². The molecule has 1 aromatic carbocycles. The van der Waals surface area contributed by atoms with Crippen LogP contribution in [0.5, 0.6) is 0 Å². The summed E-state index contributed by atoms with van der Waals surface area (Å²) in [6.45, 7) is 2.06. The van der Waals surface area contributed by atoms with Gasteiger partial charge in [0.25, 0.3) is 0 Å². The molecule has 28 heavy (non-hydrogen) atoms. The summed E-state index contributed by atoms with van der Waals surface area (Å²) in [5.74, 6) is -0.277. The van der Waals surface area contributed by atoms with Crippen molar-refractivity contribution in [1.82, 2.24) is 9.80 Å². The minimum Gasteiger partial charge on any atom is -0.388 e. The van der Waals surface area contributed by atoms with E-state index >= 15 is 0 Å². The Morgan fingerprint density at radius 3 is 2.75 bits per heavy atom. The summed E-state index contributed by atoms with van der Waals surface area (Å²) in [5.41, 5.74) is 11.5. The number of hydrogen-bond acceptors (Lipinski definition) is 4. The van der Waals surface area contributed by atoms with Crippen molar-refractivity contribution < 1.29 is 9.18 Å². The van der Waals surface area contributed by atoms with Crippen molar-refractivity contribution in [2.75, 3.05) is 31.1 Å². The van der Waals surface area contributed by atoms with Crippen LogP contribution in [0.2, 0.25) is 0 Å². The number of likely N-dealkylation sites (tertiary alicyclic amines) is 1. The number of urea groups is 1. The number of benzene rings is 1. The van der Waals surface area contributed by atoms with E-state index in [-0.39, 0.29) is 34.6 Å². The summed E-state index contributed by atoms with van der Waals surface area (Å²) >= 11 is 5.87. The number of anilines is 1. The Balaban J connectivity index is 1.71. The Labute approximate surface area is 167 Å². The van der Waals surface area contributed by atoms with Gasteiger partial charge in [0, 0.05) is 26.2 Å². The van der Waals surface area contributed by atoms with Crippen molar-refractivity contribution in [2.45, 2.75) is 18.9 Å². The summed E-state index contributed by atoms with van der Waals surface area (Å²) in [4.78, 5) is 21.9. The van der Waals surface area contributed by atoms with Crippen LogP contribution in [0.3, 0.4) is 0 Å². The van der Waals surface area contributed by atoms with Crippen LogP contribution in [0.4, 0.5) is 14.9 Å². The normalized spacial score (nSPS) is 21.6. The topological polar surface area (TPSA) is 115 Å². The van der Waals surface area contributed by atoms with Gasteiger partial charge in [-0.05, 0) is 25.0 Å². The largest absolute Gasteiger partial charge is 0.388 e. The first kappa shape index (κ1) is 19.8. The summed E-state index contributed by atoms with van der Waals surface area (Å²) in [6.07, 6.45) is 1.62. The number of piperidine rings is 1. The van der Waals surface area contributed by atoms with E-state index in [4.69, 9.17) is 28.3 Å². The van der Waals surface area contributed by atoms with Gasteiger partial charge in [-0.3, -0.25) is 4.90 Å². The number of guanidine groups is 1. The predicted octanol–water partition coefficient (Wildman–Crippen LogP) is 1.74. The molecule has 0 aliphatic carbocycles. The Bertz CT molecular complexity index is 866. The molecule has 1 aromatic rings. The fourth-order valence-corrected chi connectivity index (χ4v) is 3.61. The molecule has 4 N–H and O–H groups in total. The highest BCUT2D eigenvalue weighted by molar-refractivity contribution is 6.30. The molecule has 1 atom stereocenters. The third kappa shape index (κ3) is 3.97. The number of nitriles is 1. The molecule has 3 rings (SSSR count). The van der Waals surface area contributed by atoms with Crippen molar-refractivity contribution in [2.24, 2.45) is 16.5 Å². The van der Waals surface area contributed by atoms with Crippen LogP contribution < -0.4 is 16.4 Å². The van der Waals surface area contributed by atoms with Gasteiger partial charge in [0.2, 0.25) is 0 Å². The van der Waals surface area contributed by atoms with Crippen molar-refractivity contribution >= 4 is 29.3 Å². The fraction of sp³-hybridized carbons (Fsp3) is 0.389. The zero-order valence-corrected chi connectivity index (χ0v) is 15.9. The standard InChI is InChI=1S/C18H21ClFN7O/c19-16(14(22)10-21)24-17(23)25-7-3-4-12(11-25)26-8-9-27(18(26)28)15-6-2-1-5-13(15)20/h1-2,5-6,12H,3-4,7-9,11,22H2,(H2,23,24)/b16-14-. The minimum absolute atomic E-state index is 0.0807. The maximum absolute atomic E-state index is 14.1. The summed E-state index contributed by atoms with van der Waals surface area (Å²) in [6, 6.07) is 7.65. The van der Waals surface area contributed by atoms with Gasteiger partial charge < -0.3 is 21.3 Å². The van der Waals surface area contributed by atoms with E-state index < -0.39 is 5.82 Å². The number of amides is 2. The Kier molecular flexibility index (Phi) is 5.90. The molecule has 0 radical (unpaired) electrons. The number of halogens is 2. The second-order valence-electron chi connectivity index (χ2n) is 6.61. The number of carbonyl (C=O) groups is 1. The van der Waals surface area contributed by atoms with Gasteiger partial charge in [0.05, 0.1) is 11.7 Å². The van der Waals surface area contributed by atoms with Crippen LogP contribution in [-0.4, -0.2) is 54.0 Å². The molecule has 10 heteroatoms. The van der Waals surface area contributed by atoms with E-state index in [1.165, 1.54) is 11.0 Å². The first-order chi connectivity index (χ1) is 13.4. The molecular formula is C18H21ClFN7O. The van der Waals surface area contributed by atoms with E-state index in [1.54, 1.807) is 34.1 Å². The lowest BCUT2D eigenvalue weighted by Gasteiger charge is -2.37. The lowest BCUT2D eigenvalue weighted by molar-refractivity contribution is 0.161. The first-order valence-corrected chi connectivity index (χ1v) is 9.27. The molecule has 0 saturated carbocycles. The van der Waals surface area contributed by atoms with Gasteiger partial charge in [0.15, 0.2) is 11.1 Å². The zero-order chi connectivity index (χ0) is 20.3. The van der Waals surface area contributed by atoms with Gasteiger partial charge in [0.1, 0.15) is 17.6 Å². The highest BCUT2D eigenvalue weighted by Crippen LogP contribution is 2.27. The second kappa shape index (κ2) is 8.35. The number of carbonyl (C=O) groups excluding carboxylic acids is 1. The van der Waals surface area contributed by atoms with Gasteiger partial charge in [-0.25, -0.2) is 14.2 Å². The average Bonchev–Trinajstić information content (AvgIpc) is 3.08. The molecule has 2 aliphatic heterocycles. The summed E-state index contributed by atoms with van der Waals surface area (Å²) in [5, 5.41) is 8.60.